The van der Waals surface area contributed by atoms with E-state index in [2.05, 4.69) is 22.5 Å². The Balaban J connectivity index is 2.05. The molecule has 0 spiro atoms. The Kier molecular flexibility index (Phi) is 5.88. The van der Waals surface area contributed by atoms with Gasteiger partial charge < -0.3 is 10.4 Å². The number of hydrogen-bond acceptors (Lipinski definition) is 4. The Morgan fingerprint density at radius 1 is 1.38 bits per heavy atom. The zero-order chi connectivity index (χ0) is 19.3. The summed E-state index contributed by atoms with van der Waals surface area (Å²) in [6.07, 6.45) is -0.263. The SMILES string of the molecule is CC(C)(C)N(CC#Cc1cccc(N[C@@H]2CCC(=O)NC2=O)c1)C(=O)O. The summed E-state index contributed by atoms with van der Waals surface area (Å²) in [5, 5.41) is 14.7. The fourth-order valence-electron chi connectivity index (χ4n) is 2.53. The summed E-state index contributed by atoms with van der Waals surface area (Å²) in [4.78, 5) is 35.6. The number of benzene rings is 1. The van der Waals surface area contributed by atoms with Crippen LogP contribution in [0.5, 0.6) is 0 Å². The molecule has 1 aliphatic heterocycles. The molecule has 7 heteroatoms. The van der Waals surface area contributed by atoms with E-state index >= 15 is 0 Å². The van der Waals surface area contributed by atoms with Crippen LogP contribution in [-0.4, -0.2) is 46.0 Å². The Morgan fingerprint density at radius 2 is 2.12 bits per heavy atom. The van der Waals surface area contributed by atoms with Crippen LogP contribution >= 0.6 is 0 Å². The first-order chi connectivity index (χ1) is 12.2. The predicted molar refractivity (Wildman–Crippen MR) is 97.6 cm³/mol. The number of nitrogens with one attached hydrogen (secondary N) is 2. The smallest absolute Gasteiger partial charge is 0.408 e. The van der Waals surface area contributed by atoms with Gasteiger partial charge in [-0.3, -0.25) is 19.8 Å². The summed E-state index contributed by atoms with van der Waals surface area (Å²) in [5.74, 6) is 5.24. The highest BCUT2D eigenvalue weighted by atomic mass is 16.4. The maximum absolute atomic E-state index is 11.8. The third-order valence-corrected chi connectivity index (χ3v) is 3.95. The van der Waals surface area contributed by atoms with Gasteiger partial charge in [0, 0.05) is 23.2 Å². The van der Waals surface area contributed by atoms with Crippen LogP contribution in [0.1, 0.15) is 39.2 Å². The highest BCUT2D eigenvalue weighted by Crippen LogP contribution is 2.16. The molecule has 0 radical (unpaired) electrons. The second-order valence-electron chi connectivity index (χ2n) is 7.07. The lowest BCUT2D eigenvalue weighted by Crippen LogP contribution is -2.47. The van der Waals surface area contributed by atoms with Crippen molar-refractivity contribution in [3.05, 3.63) is 29.8 Å². The summed E-state index contributed by atoms with van der Waals surface area (Å²) in [6.45, 7) is 5.54. The van der Waals surface area contributed by atoms with E-state index in [1.165, 1.54) is 4.90 Å². The molecule has 0 unspecified atom stereocenters. The molecule has 0 bridgehead atoms. The third kappa shape index (κ3) is 5.24. The van der Waals surface area contributed by atoms with Crippen LogP contribution in [0.15, 0.2) is 24.3 Å². The Morgan fingerprint density at radius 3 is 2.73 bits per heavy atom. The van der Waals surface area contributed by atoms with Crippen LogP contribution in [0, 0.1) is 11.8 Å². The zero-order valence-electron chi connectivity index (χ0n) is 15.1. The third-order valence-electron chi connectivity index (χ3n) is 3.95. The van der Waals surface area contributed by atoms with E-state index in [4.69, 9.17) is 0 Å². The van der Waals surface area contributed by atoms with E-state index in [0.717, 1.165) is 5.69 Å². The summed E-state index contributed by atoms with van der Waals surface area (Å²) in [5.41, 5.74) is 0.897. The lowest BCUT2D eigenvalue weighted by atomic mass is 10.1. The summed E-state index contributed by atoms with van der Waals surface area (Å²) < 4.78 is 0. The minimum absolute atomic E-state index is 0.101. The molecule has 7 nitrogen and oxygen atoms in total. The number of hydrogen-bond donors (Lipinski definition) is 3. The van der Waals surface area contributed by atoms with E-state index in [0.29, 0.717) is 18.4 Å². The van der Waals surface area contributed by atoms with Crippen molar-refractivity contribution in [1.82, 2.24) is 10.2 Å². The number of nitrogens with zero attached hydrogens (tertiary/aromatic N) is 1. The van der Waals surface area contributed by atoms with Gasteiger partial charge in [-0.2, -0.15) is 0 Å². The number of piperidine rings is 1. The van der Waals surface area contributed by atoms with Gasteiger partial charge >= 0.3 is 6.09 Å². The Hall–Kier alpha value is -3.01. The van der Waals surface area contributed by atoms with E-state index in [1.807, 2.05) is 32.9 Å². The van der Waals surface area contributed by atoms with Gasteiger partial charge in [-0.05, 0) is 45.4 Å². The minimum atomic E-state index is -1.01. The average Bonchev–Trinajstić information content (AvgIpc) is 2.53. The van der Waals surface area contributed by atoms with Crippen molar-refractivity contribution in [1.29, 1.82) is 0 Å². The highest BCUT2D eigenvalue weighted by molar-refractivity contribution is 6.01. The predicted octanol–water partition coefficient (Wildman–Crippen LogP) is 2.03. The highest BCUT2D eigenvalue weighted by Gasteiger charge is 2.26. The molecule has 1 aromatic carbocycles. The van der Waals surface area contributed by atoms with Gasteiger partial charge in [-0.15, -0.1) is 0 Å². The van der Waals surface area contributed by atoms with Crippen molar-refractivity contribution in [2.45, 2.75) is 45.2 Å². The van der Waals surface area contributed by atoms with Crippen molar-refractivity contribution in [3.8, 4) is 11.8 Å². The van der Waals surface area contributed by atoms with Gasteiger partial charge in [-0.1, -0.05) is 17.9 Å². The number of imide groups is 1. The molecular weight excluding hydrogens is 334 g/mol. The molecule has 1 atom stereocenters. The molecular formula is C19H23N3O4. The van der Waals surface area contributed by atoms with Crippen LogP contribution in [0.25, 0.3) is 0 Å². The van der Waals surface area contributed by atoms with Gasteiger partial charge in [0.1, 0.15) is 6.04 Å². The number of carboxylic acid groups (broad SMARTS) is 1. The Labute approximate surface area is 152 Å². The molecule has 1 aromatic rings. The molecule has 1 saturated heterocycles. The first kappa shape index (κ1) is 19.3. The van der Waals surface area contributed by atoms with E-state index in [9.17, 15) is 19.5 Å². The van der Waals surface area contributed by atoms with Crippen molar-refractivity contribution in [2.75, 3.05) is 11.9 Å². The second-order valence-corrected chi connectivity index (χ2v) is 7.07. The fraction of sp³-hybridized carbons (Fsp3) is 0.421. The summed E-state index contributed by atoms with van der Waals surface area (Å²) in [7, 11) is 0. The molecule has 0 aromatic heterocycles. The van der Waals surface area contributed by atoms with E-state index < -0.39 is 17.7 Å². The molecule has 1 fully saturated rings. The first-order valence-electron chi connectivity index (χ1n) is 8.36. The molecule has 3 amide bonds. The van der Waals surface area contributed by atoms with Crippen molar-refractivity contribution >= 4 is 23.6 Å². The molecule has 0 aliphatic carbocycles. The number of amides is 3. The number of carbonyl (C=O) groups excluding carboxylic acids is 2. The van der Waals surface area contributed by atoms with Crippen molar-refractivity contribution in [3.63, 3.8) is 0 Å². The average molecular weight is 357 g/mol. The van der Waals surface area contributed by atoms with Crippen LogP contribution in [0.2, 0.25) is 0 Å². The quantitative estimate of drug-likeness (QED) is 0.568. The maximum atomic E-state index is 11.8. The first-order valence-corrected chi connectivity index (χ1v) is 8.36. The molecule has 1 heterocycles. The van der Waals surface area contributed by atoms with Gasteiger partial charge in [0.25, 0.3) is 0 Å². The molecule has 0 saturated carbocycles. The molecule has 138 valence electrons. The van der Waals surface area contributed by atoms with Crippen molar-refractivity contribution < 1.29 is 19.5 Å². The van der Waals surface area contributed by atoms with Crippen LogP contribution < -0.4 is 10.6 Å². The summed E-state index contributed by atoms with van der Waals surface area (Å²) in [6, 6.07) is 6.76. The fourth-order valence-corrected chi connectivity index (χ4v) is 2.53. The Bertz CT molecular complexity index is 771. The van der Waals surface area contributed by atoms with Gasteiger partial charge in [0.2, 0.25) is 11.8 Å². The van der Waals surface area contributed by atoms with Gasteiger partial charge in [0.15, 0.2) is 0 Å². The van der Waals surface area contributed by atoms with Crippen molar-refractivity contribution in [2.24, 2.45) is 0 Å². The number of anilines is 1. The molecule has 2 rings (SSSR count). The standard InChI is InChI=1S/C19H23N3O4/c1-19(2,3)22(18(25)26)11-5-7-13-6-4-8-14(12-13)20-15-9-10-16(23)21-17(15)24/h4,6,8,12,15,20H,9-11H2,1-3H3,(H,25,26)(H,21,23,24)/t15-/m1/s1. The minimum Gasteiger partial charge on any atom is -0.465 e. The topological polar surface area (TPSA) is 98.7 Å². The maximum Gasteiger partial charge on any atom is 0.408 e. The zero-order valence-corrected chi connectivity index (χ0v) is 15.1. The van der Waals surface area contributed by atoms with Crippen LogP contribution in [0.4, 0.5) is 10.5 Å². The molecule has 3 N–H and O–H groups in total. The van der Waals surface area contributed by atoms with E-state index in [-0.39, 0.29) is 18.4 Å². The number of carbonyl (C=O) groups is 3. The van der Waals surface area contributed by atoms with Gasteiger partial charge in [-0.25, -0.2) is 4.79 Å². The second kappa shape index (κ2) is 7.91. The van der Waals surface area contributed by atoms with E-state index in [1.54, 1.807) is 12.1 Å². The monoisotopic (exact) mass is 357 g/mol. The van der Waals surface area contributed by atoms with Crippen LogP contribution in [-0.2, 0) is 9.59 Å². The lowest BCUT2D eigenvalue weighted by Gasteiger charge is -2.31. The normalized spacial score (nSPS) is 17.0. The van der Waals surface area contributed by atoms with Gasteiger partial charge in [0.05, 0.1) is 6.54 Å². The lowest BCUT2D eigenvalue weighted by molar-refractivity contribution is -0.133. The number of rotatable bonds is 3. The summed E-state index contributed by atoms with van der Waals surface area (Å²) >= 11 is 0. The molecule has 1 aliphatic rings. The van der Waals surface area contributed by atoms with Crippen LogP contribution in [0.3, 0.4) is 0 Å². The largest absolute Gasteiger partial charge is 0.465 e. The molecule has 26 heavy (non-hydrogen) atoms.